The zero-order chi connectivity index (χ0) is 9.73. The smallest absolute Gasteiger partial charge is 0.0611 e. The molecule has 3 heteroatoms. The largest absolute Gasteiger partial charge is 0.394 e. The van der Waals surface area contributed by atoms with Gasteiger partial charge in [-0.2, -0.15) is 0 Å². The van der Waals surface area contributed by atoms with Gasteiger partial charge in [0.15, 0.2) is 0 Å². The quantitative estimate of drug-likeness (QED) is 0.649. The molecule has 0 aromatic rings. The Morgan fingerprint density at radius 1 is 1.54 bits per heavy atom. The van der Waals surface area contributed by atoms with Crippen molar-refractivity contribution in [2.45, 2.75) is 44.2 Å². The van der Waals surface area contributed by atoms with Crippen LogP contribution in [0, 0.1) is 0 Å². The highest BCUT2D eigenvalue weighted by Crippen LogP contribution is 2.22. The predicted molar refractivity (Wildman–Crippen MR) is 52.8 cm³/mol. The van der Waals surface area contributed by atoms with Gasteiger partial charge in [-0.3, -0.25) is 0 Å². The summed E-state index contributed by atoms with van der Waals surface area (Å²) < 4.78 is 5.63. The van der Waals surface area contributed by atoms with Crippen LogP contribution in [0.5, 0.6) is 0 Å². The van der Waals surface area contributed by atoms with Crippen molar-refractivity contribution in [3.8, 4) is 0 Å². The third-order valence-electron chi connectivity index (χ3n) is 3.01. The number of ether oxygens (including phenoxy) is 1. The fourth-order valence-corrected chi connectivity index (χ4v) is 1.27. The molecule has 0 saturated heterocycles. The summed E-state index contributed by atoms with van der Waals surface area (Å²) in [6.45, 7) is 2.93. The van der Waals surface area contributed by atoms with Crippen LogP contribution in [-0.2, 0) is 4.74 Å². The van der Waals surface area contributed by atoms with E-state index in [0.29, 0.717) is 6.10 Å². The van der Waals surface area contributed by atoms with Crippen LogP contribution >= 0.6 is 0 Å². The summed E-state index contributed by atoms with van der Waals surface area (Å²) in [4.78, 5) is 0. The molecule has 1 aliphatic rings. The van der Waals surface area contributed by atoms with Crippen LogP contribution in [0.25, 0.3) is 0 Å². The third-order valence-corrected chi connectivity index (χ3v) is 3.01. The van der Waals surface area contributed by atoms with Crippen molar-refractivity contribution in [2.75, 3.05) is 20.3 Å². The number of aliphatic hydroxyl groups excluding tert-OH is 1. The first kappa shape index (κ1) is 11.0. The number of nitrogens with one attached hydrogen (secondary N) is 1. The molecule has 0 spiro atoms. The van der Waals surface area contributed by atoms with Gasteiger partial charge in [0.1, 0.15) is 0 Å². The lowest BCUT2D eigenvalue weighted by atomic mass is 9.95. The minimum Gasteiger partial charge on any atom is -0.394 e. The topological polar surface area (TPSA) is 41.5 Å². The van der Waals surface area contributed by atoms with Crippen LogP contribution in [0.15, 0.2) is 0 Å². The monoisotopic (exact) mass is 187 g/mol. The van der Waals surface area contributed by atoms with E-state index in [2.05, 4.69) is 5.32 Å². The van der Waals surface area contributed by atoms with Gasteiger partial charge in [0.25, 0.3) is 0 Å². The Bertz CT molecular complexity index is 142. The lowest BCUT2D eigenvalue weighted by Crippen LogP contribution is -2.44. The second kappa shape index (κ2) is 4.94. The summed E-state index contributed by atoms with van der Waals surface area (Å²) >= 11 is 0. The van der Waals surface area contributed by atoms with Gasteiger partial charge in [-0.05, 0) is 39.7 Å². The molecule has 0 amide bonds. The van der Waals surface area contributed by atoms with E-state index in [1.807, 2.05) is 14.0 Å². The van der Waals surface area contributed by atoms with E-state index in [-0.39, 0.29) is 12.1 Å². The number of hydrogen-bond donors (Lipinski definition) is 2. The molecule has 0 aromatic heterocycles. The summed E-state index contributed by atoms with van der Waals surface area (Å²) in [6.07, 6.45) is 5.12. The molecule has 1 aliphatic carbocycles. The highest BCUT2D eigenvalue weighted by Gasteiger charge is 2.22. The standard InChI is InChI=1S/C10H21NO2/c1-10(8-12,11-2)6-7-13-9-4-3-5-9/h9,11-12H,3-8H2,1-2H3. The molecule has 78 valence electrons. The molecule has 0 bridgehead atoms. The van der Waals surface area contributed by atoms with Gasteiger partial charge in [-0.1, -0.05) is 0 Å². The normalized spacial score (nSPS) is 22.4. The van der Waals surface area contributed by atoms with Gasteiger partial charge in [0.2, 0.25) is 0 Å². The minimum absolute atomic E-state index is 0.164. The van der Waals surface area contributed by atoms with Crippen molar-refractivity contribution in [3.63, 3.8) is 0 Å². The molecule has 0 radical (unpaired) electrons. The SMILES string of the molecule is CNC(C)(CO)CCOC1CCC1. The predicted octanol–water partition coefficient (Wildman–Crippen LogP) is 0.916. The van der Waals surface area contributed by atoms with Gasteiger partial charge in [-0.25, -0.2) is 0 Å². The summed E-state index contributed by atoms with van der Waals surface area (Å²) in [5.41, 5.74) is -0.177. The molecule has 2 N–H and O–H groups in total. The average molecular weight is 187 g/mol. The van der Waals surface area contributed by atoms with Crippen LogP contribution < -0.4 is 5.32 Å². The Kier molecular flexibility index (Phi) is 4.16. The number of aliphatic hydroxyl groups is 1. The van der Waals surface area contributed by atoms with Crippen molar-refractivity contribution in [3.05, 3.63) is 0 Å². The fraction of sp³-hybridized carbons (Fsp3) is 1.00. The second-order valence-electron chi connectivity index (χ2n) is 4.14. The molecule has 0 aromatic carbocycles. The minimum atomic E-state index is -0.177. The summed E-state index contributed by atoms with van der Waals surface area (Å²) in [7, 11) is 1.87. The van der Waals surface area contributed by atoms with E-state index in [0.717, 1.165) is 13.0 Å². The van der Waals surface area contributed by atoms with Crippen LogP contribution in [0.2, 0.25) is 0 Å². The van der Waals surface area contributed by atoms with E-state index < -0.39 is 0 Å². The van der Waals surface area contributed by atoms with E-state index in [4.69, 9.17) is 9.84 Å². The zero-order valence-electron chi connectivity index (χ0n) is 8.68. The van der Waals surface area contributed by atoms with E-state index in [9.17, 15) is 0 Å². The van der Waals surface area contributed by atoms with Gasteiger partial charge in [0.05, 0.1) is 12.7 Å². The maximum atomic E-state index is 9.10. The molecular weight excluding hydrogens is 166 g/mol. The lowest BCUT2D eigenvalue weighted by molar-refractivity contribution is -0.0104. The first-order chi connectivity index (χ1) is 6.20. The lowest BCUT2D eigenvalue weighted by Gasteiger charge is -2.30. The van der Waals surface area contributed by atoms with E-state index in [1.165, 1.54) is 19.3 Å². The number of rotatable bonds is 6. The summed E-state index contributed by atoms with van der Waals surface area (Å²) in [5.74, 6) is 0. The Balaban J connectivity index is 2.08. The van der Waals surface area contributed by atoms with Crippen LogP contribution in [0.3, 0.4) is 0 Å². The molecule has 0 aliphatic heterocycles. The molecule has 0 heterocycles. The van der Waals surface area contributed by atoms with Gasteiger partial charge in [-0.15, -0.1) is 0 Å². The Morgan fingerprint density at radius 2 is 2.23 bits per heavy atom. The molecule has 1 atom stereocenters. The molecule has 1 unspecified atom stereocenters. The van der Waals surface area contributed by atoms with Crippen LogP contribution in [-0.4, -0.2) is 37.0 Å². The maximum Gasteiger partial charge on any atom is 0.0611 e. The molecule has 1 saturated carbocycles. The number of likely N-dealkylation sites (N-methyl/N-ethyl adjacent to an activating group) is 1. The first-order valence-electron chi connectivity index (χ1n) is 5.11. The van der Waals surface area contributed by atoms with Crippen molar-refractivity contribution >= 4 is 0 Å². The highest BCUT2D eigenvalue weighted by atomic mass is 16.5. The van der Waals surface area contributed by atoms with Crippen LogP contribution in [0.4, 0.5) is 0 Å². The zero-order valence-corrected chi connectivity index (χ0v) is 8.68. The average Bonchev–Trinajstić information content (AvgIpc) is 2.09. The fourth-order valence-electron chi connectivity index (χ4n) is 1.27. The van der Waals surface area contributed by atoms with E-state index >= 15 is 0 Å². The number of hydrogen-bond acceptors (Lipinski definition) is 3. The Labute approximate surface area is 80.5 Å². The molecule has 13 heavy (non-hydrogen) atoms. The van der Waals surface area contributed by atoms with Crippen molar-refractivity contribution in [1.29, 1.82) is 0 Å². The molecule has 1 rings (SSSR count). The molecular formula is C10H21NO2. The molecule has 1 fully saturated rings. The Hall–Kier alpha value is -0.120. The van der Waals surface area contributed by atoms with Gasteiger partial charge >= 0.3 is 0 Å². The summed E-state index contributed by atoms with van der Waals surface area (Å²) in [6, 6.07) is 0. The van der Waals surface area contributed by atoms with Crippen molar-refractivity contribution < 1.29 is 9.84 Å². The van der Waals surface area contributed by atoms with Gasteiger partial charge < -0.3 is 15.2 Å². The van der Waals surface area contributed by atoms with Crippen molar-refractivity contribution in [2.24, 2.45) is 0 Å². The second-order valence-corrected chi connectivity index (χ2v) is 4.14. The van der Waals surface area contributed by atoms with E-state index in [1.54, 1.807) is 0 Å². The summed E-state index contributed by atoms with van der Waals surface area (Å²) in [5, 5.41) is 12.2. The molecule has 3 nitrogen and oxygen atoms in total. The van der Waals surface area contributed by atoms with Crippen LogP contribution in [0.1, 0.15) is 32.6 Å². The van der Waals surface area contributed by atoms with Crippen molar-refractivity contribution in [1.82, 2.24) is 5.32 Å². The first-order valence-corrected chi connectivity index (χ1v) is 5.11. The Morgan fingerprint density at radius 3 is 2.62 bits per heavy atom. The third kappa shape index (κ3) is 3.25. The van der Waals surface area contributed by atoms with Gasteiger partial charge in [0, 0.05) is 12.1 Å². The maximum absolute atomic E-state index is 9.10. The highest BCUT2D eigenvalue weighted by molar-refractivity contribution is 4.80.